The second-order valence-corrected chi connectivity index (χ2v) is 8.96. The average Bonchev–Trinajstić information content (AvgIpc) is 2.79. The molecule has 0 bridgehead atoms. The minimum absolute atomic E-state index is 0.367. The predicted molar refractivity (Wildman–Crippen MR) is 92.3 cm³/mol. The zero-order valence-electron chi connectivity index (χ0n) is 11.5. The van der Waals surface area contributed by atoms with Crippen LogP contribution in [0.1, 0.15) is 30.2 Å². The number of piperidine rings is 1. The average molecular weight is 423 g/mol. The molecule has 0 radical (unpaired) electrons. The van der Waals surface area contributed by atoms with Crippen molar-refractivity contribution in [1.29, 1.82) is 0 Å². The summed E-state index contributed by atoms with van der Waals surface area (Å²) >= 11 is 8.99. The Morgan fingerprint density at radius 1 is 1.30 bits per heavy atom. The van der Waals surface area contributed by atoms with Gasteiger partial charge in [-0.15, -0.1) is 11.3 Å². The van der Waals surface area contributed by atoms with Crippen LogP contribution in [-0.4, -0.2) is 48.6 Å². The van der Waals surface area contributed by atoms with Gasteiger partial charge in [0, 0.05) is 41.6 Å². The maximum atomic E-state index is 6.08. The molecular weight excluding hydrogens is 402 g/mol. The predicted octanol–water partition coefficient (Wildman–Crippen LogP) is 3.44. The van der Waals surface area contributed by atoms with Crippen molar-refractivity contribution in [2.75, 3.05) is 32.7 Å². The Morgan fingerprint density at radius 3 is 2.85 bits per heavy atom. The van der Waals surface area contributed by atoms with Crippen LogP contribution in [0.2, 0.25) is 0 Å². The molecule has 0 saturated carbocycles. The van der Waals surface area contributed by atoms with E-state index in [0.29, 0.717) is 12.6 Å². The first-order valence-corrected chi connectivity index (χ1v) is 9.72. The molecule has 2 aliphatic heterocycles. The van der Waals surface area contributed by atoms with Crippen LogP contribution in [-0.2, 0) is 0 Å². The Hall–Kier alpha value is 0.540. The van der Waals surface area contributed by atoms with E-state index in [1.165, 1.54) is 47.6 Å². The Bertz CT molecular complexity index is 446. The third-order valence-electron chi connectivity index (χ3n) is 4.53. The van der Waals surface area contributed by atoms with Gasteiger partial charge in [0.2, 0.25) is 0 Å². The maximum absolute atomic E-state index is 6.08. The van der Waals surface area contributed by atoms with Gasteiger partial charge in [-0.05, 0) is 57.3 Å². The molecule has 2 N–H and O–H groups in total. The van der Waals surface area contributed by atoms with E-state index in [4.69, 9.17) is 5.73 Å². The summed E-state index contributed by atoms with van der Waals surface area (Å²) in [6.45, 7) is 5.52. The molecule has 2 unspecified atom stereocenters. The van der Waals surface area contributed by atoms with Gasteiger partial charge in [0.25, 0.3) is 0 Å². The van der Waals surface area contributed by atoms with Gasteiger partial charge in [-0.1, -0.05) is 6.42 Å². The van der Waals surface area contributed by atoms with Gasteiger partial charge in [-0.3, -0.25) is 9.80 Å². The lowest BCUT2D eigenvalue weighted by molar-refractivity contribution is 0.0293. The summed E-state index contributed by atoms with van der Waals surface area (Å²) in [6.07, 6.45) is 4.12. The molecule has 0 amide bonds. The van der Waals surface area contributed by atoms with Crippen LogP contribution < -0.4 is 5.73 Å². The monoisotopic (exact) mass is 421 g/mol. The number of nitrogens with zero attached hydrogens (tertiary/aromatic N) is 2. The van der Waals surface area contributed by atoms with Crippen molar-refractivity contribution in [2.45, 2.75) is 31.3 Å². The third kappa shape index (κ3) is 3.15. The highest BCUT2D eigenvalue weighted by Crippen LogP contribution is 2.38. The van der Waals surface area contributed by atoms with E-state index in [1.807, 2.05) is 0 Å². The first-order chi connectivity index (χ1) is 9.69. The van der Waals surface area contributed by atoms with Crippen LogP contribution in [0.15, 0.2) is 14.3 Å². The summed E-state index contributed by atoms with van der Waals surface area (Å²) in [5, 5.41) is 0. The summed E-state index contributed by atoms with van der Waals surface area (Å²) in [4.78, 5) is 6.64. The zero-order chi connectivity index (χ0) is 14.1. The molecule has 112 valence electrons. The normalized spacial score (nSPS) is 26.4. The number of hydrogen-bond donors (Lipinski definition) is 1. The fourth-order valence-corrected chi connectivity index (χ4v) is 5.67. The van der Waals surface area contributed by atoms with Crippen molar-refractivity contribution in [3.63, 3.8) is 0 Å². The number of fused-ring (bicyclic) bond motifs is 1. The van der Waals surface area contributed by atoms with Gasteiger partial charge in [-0.25, -0.2) is 0 Å². The van der Waals surface area contributed by atoms with Gasteiger partial charge < -0.3 is 5.73 Å². The summed E-state index contributed by atoms with van der Waals surface area (Å²) in [5.74, 6) is 0. The largest absolute Gasteiger partial charge is 0.329 e. The highest BCUT2D eigenvalue weighted by molar-refractivity contribution is 9.13. The summed E-state index contributed by atoms with van der Waals surface area (Å²) in [7, 11) is 0. The number of hydrogen-bond acceptors (Lipinski definition) is 4. The van der Waals surface area contributed by atoms with Gasteiger partial charge in [0.15, 0.2) is 0 Å². The van der Waals surface area contributed by atoms with Crippen LogP contribution >= 0.6 is 43.2 Å². The highest BCUT2D eigenvalue weighted by Gasteiger charge is 2.32. The quantitative estimate of drug-likeness (QED) is 0.809. The second-order valence-electron chi connectivity index (χ2n) is 5.70. The Labute approximate surface area is 141 Å². The molecule has 1 aromatic heterocycles. The minimum Gasteiger partial charge on any atom is -0.329 e. The third-order valence-corrected chi connectivity index (χ3v) is 7.88. The molecule has 2 aliphatic rings. The first kappa shape index (κ1) is 15.4. The minimum atomic E-state index is 0.367. The lowest BCUT2D eigenvalue weighted by Gasteiger charge is -2.46. The van der Waals surface area contributed by atoms with Crippen molar-refractivity contribution in [2.24, 2.45) is 5.73 Å². The smallest absolute Gasteiger partial charge is 0.0843 e. The van der Waals surface area contributed by atoms with Crippen LogP contribution in [0, 0.1) is 0 Å². The second kappa shape index (κ2) is 6.75. The van der Waals surface area contributed by atoms with Crippen LogP contribution in [0.25, 0.3) is 0 Å². The van der Waals surface area contributed by atoms with Crippen LogP contribution in [0.4, 0.5) is 0 Å². The number of nitrogens with two attached hydrogens (primary N) is 1. The SMILES string of the molecule is NCC(c1cc(Br)c(Br)s1)N1CCN2CCCCC2C1. The number of piperazine rings is 1. The molecule has 2 fully saturated rings. The van der Waals surface area contributed by atoms with E-state index in [2.05, 4.69) is 47.7 Å². The Kier molecular flexibility index (Phi) is 5.21. The van der Waals surface area contributed by atoms with Crippen LogP contribution in [0.5, 0.6) is 0 Å². The van der Waals surface area contributed by atoms with Crippen molar-refractivity contribution in [3.05, 3.63) is 19.2 Å². The van der Waals surface area contributed by atoms with E-state index in [-0.39, 0.29) is 0 Å². The van der Waals surface area contributed by atoms with Crippen molar-refractivity contribution < 1.29 is 0 Å². The molecule has 2 saturated heterocycles. The first-order valence-electron chi connectivity index (χ1n) is 7.32. The lowest BCUT2D eigenvalue weighted by Crippen LogP contribution is -2.56. The lowest BCUT2D eigenvalue weighted by atomic mass is 9.98. The topological polar surface area (TPSA) is 32.5 Å². The van der Waals surface area contributed by atoms with E-state index in [1.54, 1.807) is 11.3 Å². The number of rotatable bonds is 3. The van der Waals surface area contributed by atoms with Gasteiger partial charge in [-0.2, -0.15) is 0 Å². The van der Waals surface area contributed by atoms with Crippen molar-refractivity contribution in [1.82, 2.24) is 9.80 Å². The molecule has 3 heterocycles. The van der Waals surface area contributed by atoms with Crippen molar-refractivity contribution >= 4 is 43.2 Å². The molecule has 0 aromatic carbocycles. The fourth-order valence-electron chi connectivity index (χ4n) is 3.44. The molecule has 1 aromatic rings. The standard InChI is InChI=1S/C14H21Br2N3S/c15-11-7-13(20-14(11)16)12(8-17)19-6-5-18-4-2-1-3-10(18)9-19/h7,10,12H,1-6,8-9,17H2. The maximum Gasteiger partial charge on any atom is 0.0843 e. The van der Waals surface area contributed by atoms with E-state index in [0.717, 1.165) is 17.1 Å². The summed E-state index contributed by atoms with van der Waals surface area (Å²) < 4.78 is 2.31. The molecule has 0 aliphatic carbocycles. The Morgan fingerprint density at radius 2 is 2.15 bits per heavy atom. The van der Waals surface area contributed by atoms with Crippen molar-refractivity contribution in [3.8, 4) is 0 Å². The Balaban J connectivity index is 1.73. The highest BCUT2D eigenvalue weighted by atomic mass is 79.9. The molecule has 0 spiro atoms. The van der Waals surface area contributed by atoms with E-state index >= 15 is 0 Å². The van der Waals surface area contributed by atoms with Gasteiger partial charge >= 0.3 is 0 Å². The summed E-state index contributed by atoms with van der Waals surface area (Å²) in [6, 6.07) is 3.34. The molecule has 3 rings (SSSR count). The van der Waals surface area contributed by atoms with Crippen LogP contribution in [0.3, 0.4) is 0 Å². The molecular formula is C14H21Br2N3S. The number of thiophene rings is 1. The molecule has 20 heavy (non-hydrogen) atoms. The zero-order valence-corrected chi connectivity index (χ0v) is 15.5. The molecule has 6 heteroatoms. The van der Waals surface area contributed by atoms with E-state index in [9.17, 15) is 0 Å². The number of halogens is 2. The molecule has 3 nitrogen and oxygen atoms in total. The summed E-state index contributed by atoms with van der Waals surface area (Å²) in [5.41, 5.74) is 6.08. The van der Waals surface area contributed by atoms with Gasteiger partial charge in [0.05, 0.1) is 9.83 Å². The van der Waals surface area contributed by atoms with Gasteiger partial charge in [0.1, 0.15) is 0 Å². The van der Waals surface area contributed by atoms with E-state index < -0.39 is 0 Å². The molecule has 2 atom stereocenters. The fraction of sp³-hybridized carbons (Fsp3) is 0.714.